The van der Waals surface area contributed by atoms with Crippen LogP contribution in [0.5, 0.6) is 5.88 Å². The number of pyridine rings is 4. The van der Waals surface area contributed by atoms with Crippen molar-refractivity contribution >= 4 is 51.8 Å². The highest BCUT2D eigenvalue weighted by Crippen LogP contribution is 2.39. The summed E-state index contributed by atoms with van der Waals surface area (Å²) in [5, 5.41) is 0.213. The van der Waals surface area contributed by atoms with E-state index in [-0.39, 0.29) is 51.6 Å². The van der Waals surface area contributed by atoms with Gasteiger partial charge < -0.3 is 24.2 Å². The molecule has 4 aromatic rings. The highest BCUT2D eigenvalue weighted by atomic mass is 35.5. The molecule has 0 aromatic carbocycles. The van der Waals surface area contributed by atoms with Gasteiger partial charge >= 0.3 is 5.97 Å². The maximum Gasteiger partial charge on any atom is 0.343 e. The van der Waals surface area contributed by atoms with Gasteiger partial charge in [0.1, 0.15) is 23.0 Å². The molecule has 0 spiro atoms. The molecule has 0 N–H and O–H groups in total. The summed E-state index contributed by atoms with van der Waals surface area (Å²) in [5.74, 6) is -2.97. The molecule has 11 nitrogen and oxygen atoms in total. The number of rotatable bonds is 9. The molecular weight excluding hydrogens is 643 g/mol. The van der Waals surface area contributed by atoms with Crippen molar-refractivity contribution in [3.8, 4) is 11.6 Å². The van der Waals surface area contributed by atoms with E-state index < -0.39 is 36.3 Å². The average molecular weight is 675 g/mol. The number of esters is 1. The van der Waals surface area contributed by atoms with Crippen LogP contribution in [0, 0.1) is 0 Å². The van der Waals surface area contributed by atoms with E-state index in [4.69, 9.17) is 32.7 Å². The second-order valence-electron chi connectivity index (χ2n) is 11.5. The van der Waals surface area contributed by atoms with Crippen LogP contribution < -0.4 is 20.0 Å². The van der Waals surface area contributed by atoms with Crippen molar-refractivity contribution in [3.63, 3.8) is 0 Å². The first-order valence-electron chi connectivity index (χ1n) is 14.6. The standard InChI is InChI=1S/C31H31Cl2F2N7O4/c1-4-45-30(44)22-15-41(18-7-8-25(37-12-18)40-13-20(14-40)39(2)3)27-21(26(22)43)10-24(33)28(38-27)42-17-31(34,35)11-19(42)16-46-29-23(32)6-5-9-36-29/h5-10,12,15,19-20H,4,11,13-14,16-17H2,1-3H3/t19-/m1/s1. The van der Waals surface area contributed by atoms with E-state index >= 15 is 0 Å². The van der Waals surface area contributed by atoms with Gasteiger partial charge in [-0.05, 0) is 51.4 Å². The molecule has 0 aliphatic carbocycles. The van der Waals surface area contributed by atoms with Gasteiger partial charge in [-0.3, -0.25) is 9.36 Å². The third-order valence-corrected chi connectivity index (χ3v) is 8.69. The fraction of sp³-hybridized carbons (Fsp3) is 0.387. The van der Waals surface area contributed by atoms with E-state index in [2.05, 4.69) is 24.8 Å². The number of aromatic nitrogens is 4. The zero-order valence-corrected chi connectivity index (χ0v) is 26.8. The number of carbonyl (C=O) groups excluding carboxylic acids is 1. The lowest BCUT2D eigenvalue weighted by Gasteiger charge is -2.43. The molecule has 2 fully saturated rings. The third kappa shape index (κ3) is 6.18. The molecule has 0 bridgehead atoms. The summed E-state index contributed by atoms with van der Waals surface area (Å²) >= 11 is 12.8. The van der Waals surface area contributed by atoms with Gasteiger partial charge in [0, 0.05) is 37.9 Å². The molecule has 46 heavy (non-hydrogen) atoms. The van der Waals surface area contributed by atoms with Crippen molar-refractivity contribution in [2.75, 3.05) is 56.7 Å². The number of carbonyl (C=O) groups is 1. The smallest absolute Gasteiger partial charge is 0.343 e. The van der Waals surface area contributed by atoms with E-state index in [1.807, 2.05) is 20.2 Å². The normalized spacial score (nSPS) is 17.9. The molecule has 242 valence electrons. The van der Waals surface area contributed by atoms with E-state index in [1.165, 1.54) is 27.9 Å². The lowest BCUT2D eigenvalue weighted by atomic mass is 10.1. The fourth-order valence-corrected chi connectivity index (χ4v) is 6.03. The number of alkyl halides is 2. The summed E-state index contributed by atoms with van der Waals surface area (Å²) in [6, 6.07) is 7.76. The lowest BCUT2D eigenvalue weighted by molar-refractivity contribution is 0.0205. The van der Waals surface area contributed by atoms with E-state index in [0.29, 0.717) is 11.7 Å². The Morgan fingerprint density at radius 3 is 2.61 bits per heavy atom. The zero-order chi connectivity index (χ0) is 32.7. The summed E-state index contributed by atoms with van der Waals surface area (Å²) in [6.45, 7) is 2.50. The van der Waals surface area contributed by atoms with Gasteiger partial charge in [-0.2, -0.15) is 0 Å². The van der Waals surface area contributed by atoms with Crippen molar-refractivity contribution in [1.29, 1.82) is 0 Å². The summed E-state index contributed by atoms with van der Waals surface area (Å²) in [4.78, 5) is 45.4. The van der Waals surface area contributed by atoms with Gasteiger partial charge in [-0.1, -0.05) is 23.2 Å². The fourth-order valence-electron chi connectivity index (χ4n) is 5.59. The Hall–Kier alpha value is -4.07. The Morgan fingerprint density at radius 1 is 1.15 bits per heavy atom. The second kappa shape index (κ2) is 12.6. The number of anilines is 2. The van der Waals surface area contributed by atoms with Gasteiger partial charge in [0.2, 0.25) is 11.3 Å². The number of nitrogens with zero attached hydrogens (tertiary/aromatic N) is 7. The average Bonchev–Trinajstić information content (AvgIpc) is 3.30. The molecule has 0 radical (unpaired) electrons. The molecular formula is C31H31Cl2F2N7O4. The van der Waals surface area contributed by atoms with Gasteiger partial charge in [-0.15, -0.1) is 0 Å². The molecule has 0 saturated carbocycles. The van der Waals surface area contributed by atoms with Crippen LogP contribution in [0.1, 0.15) is 23.7 Å². The molecule has 2 aliphatic heterocycles. The lowest BCUT2D eigenvalue weighted by Crippen LogP contribution is -2.57. The minimum Gasteiger partial charge on any atom is -0.474 e. The predicted molar refractivity (Wildman–Crippen MR) is 171 cm³/mol. The van der Waals surface area contributed by atoms with Crippen LogP contribution in [0.3, 0.4) is 0 Å². The van der Waals surface area contributed by atoms with Crippen LogP contribution in [-0.4, -0.2) is 95.3 Å². The largest absolute Gasteiger partial charge is 0.474 e. The van der Waals surface area contributed by atoms with Crippen molar-refractivity contribution in [2.24, 2.45) is 0 Å². The van der Waals surface area contributed by atoms with Crippen LogP contribution in [0.4, 0.5) is 20.4 Å². The number of hydrogen-bond donors (Lipinski definition) is 0. The summed E-state index contributed by atoms with van der Waals surface area (Å²) in [6.07, 6.45) is 3.89. The van der Waals surface area contributed by atoms with Crippen molar-refractivity contribution in [2.45, 2.75) is 31.4 Å². The highest BCUT2D eigenvalue weighted by Gasteiger charge is 2.46. The Morgan fingerprint density at radius 2 is 1.93 bits per heavy atom. The first kappa shape index (κ1) is 31.9. The summed E-state index contributed by atoms with van der Waals surface area (Å²) in [5.41, 5.74) is -0.291. The maximum atomic E-state index is 14.9. The molecule has 15 heteroatoms. The first-order chi connectivity index (χ1) is 22.0. The topological polar surface area (TPSA) is 106 Å². The maximum absolute atomic E-state index is 14.9. The van der Waals surface area contributed by atoms with Crippen LogP contribution >= 0.6 is 23.2 Å². The quantitative estimate of drug-likeness (QED) is 0.232. The monoisotopic (exact) mass is 673 g/mol. The Labute approximate surface area is 273 Å². The predicted octanol–water partition coefficient (Wildman–Crippen LogP) is 4.70. The molecule has 2 saturated heterocycles. The number of ether oxygens (including phenoxy) is 2. The minimum absolute atomic E-state index is 0.0129. The van der Waals surface area contributed by atoms with Crippen LogP contribution in [0.25, 0.3) is 16.7 Å². The van der Waals surface area contributed by atoms with E-state index in [0.717, 1.165) is 18.9 Å². The molecule has 1 atom stereocenters. The number of halogens is 4. The number of likely N-dealkylation sites (N-methyl/N-ethyl adjacent to an activating group) is 1. The minimum atomic E-state index is -3.07. The van der Waals surface area contributed by atoms with E-state index in [9.17, 15) is 18.4 Å². The Kier molecular flexibility index (Phi) is 8.75. The number of hydrogen-bond acceptors (Lipinski definition) is 10. The zero-order valence-electron chi connectivity index (χ0n) is 25.3. The number of fused-ring (bicyclic) bond motifs is 1. The third-order valence-electron chi connectivity index (χ3n) is 8.12. The van der Waals surface area contributed by atoms with Crippen LogP contribution in [-0.2, 0) is 4.74 Å². The molecule has 6 heterocycles. The van der Waals surface area contributed by atoms with E-state index in [1.54, 1.807) is 31.3 Å². The molecule has 6 rings (SSSR count). The van der Waals surface area contributed by atoms with Crippen molar-refractivity contribution < 1.29 is 23.0 Å². The van der Waals surface area contributed by atoms with Gasteiger partial charge in [0.05, 0.1) is 41.5 Å². The SMILES string of the molecule is CCOC(=O)c1cn(-c2ccc(N3CC(N(C)C)C3)nc2)c2nc(N3CC(F)(F)C[C@@H]3COc3ncccc3Cl)c(Cl)cc2c1=O. The van der Waals surface area contributed by atoms with Crippen molar-refractivity contribution in [3.05, 3.63) is 74.8 Å². The van der Waals surface area contributed by atoms with Gasteiger partial charge in [-0.25, -0.2) is 28.5 Å². The van der Waals surface area contributed by atoms with Crippen LogP contribution in [0.15, 0.2) is 53.7 Å². The Bertz CT molecular complexity index is 1830. The summed E-state index contributed by atoms with van der Waals surface area (Å²) in [7, 11) is 4.06. The first-order valence-corrected chi connectivity index (χ1v) is 15.4. The van der Waals surface area contributed by atoms with Crippen LogP contribution in [0.2, 0.25) is 10.0 Å². The van der Waals surface area contributed by atoms with Gasteiger partial charge in [0.15, 0.2) is 11.5 Å². The Balaban J connectivity index is 1.41. The molecule has 2 aliphatic rings. The molecule has 0 amide bonds. The second-order valence-corrected chi connectivity index (χ2v) is 12.3. The highest BCUT2D eigenvalue weighted by molar-refractivity contribution is 6.33. The summed E-state index contributed by atoms with van der Waals surface area (Å²) < 4.78 is 42.1. The van der Waals surface area contributed by atoms with Gasteiger partial charge in [0.25, 0.3) is 5.92 Å². The molecule has 4 aromatic heterocycles. The van der Waals surface area contributed by atoms with Crippen molar-refractivity contribution in [1.82, 2.24) is 24.4 Å². The molecule has 0 unspecified atom stereocenters.